The summed E-state index contributed by atoms with van der Waals surface area (Å²) in [6, 6.07) is 5.83. The molecule has 1 aromatic rings. The van der Waals surface area contributed by atoms with Crippen molar-refractivity contribution < 1.29 is 0 Å². The van der Waals surface area contributed by atoms with Gasteiger partial charge in [-0.1, -0.05) is 34.5 Å². The van der Waals surface area contributed by atoms with Crippen molar-refractivity contribution in [2.75, 3.05) is 20.1 Å². The van der Waals surface area contributed by atoms with E-state index in [4.69, 9.17) is 11.6 Å². The van der Waals surface area contributed by atoms with Crippen LogP contribution in [0.2, 0.25) is 5.02 Å². The van der Waals surface area contributed by atoms with Crippen molar-refractivity contribution in [3.8, 4) is 0 Å². The topological polar surface area (TPSA) is 36.4 Å². The monoisotopic (exact) mass is 459 g/mol. The number of benzene rings is 1. The molecule has 2 N–H and O–H groups in total. The maximum atomic E-state index is 5.98. The Morgan fingerprint density at radius 3 is 2.63 bits per heavy atom. The van der Waals surface area contributed by atoms with Crippen LogP contribution in [0.25, 0.3) is 0 Å². The van der Waals surface area contributed by atoms with Gasteiger partial charge < -0.3 is 10.6 Å². The molecule has 0 heterocycles. The summed E-state index contributed by atoms with van der Waals surface area (Å²) in [5.41, 5.74) is 1.20. The van der Waals surface area contributed by atoms with Gasteiger partial charge >= 0.3 is 0 Å². The van der Waals surface area contributed by atoms with Crippen LogP contribution < -0.4 is 10.6 Å². The summed E-state index contributed by atoms with van der Waals surface area (Å²) >= 11 is 9.50. The van der Waals surface area contributed by atoms with Gasteiger partial charge in [-0.2, -0.15) is 0 Å². The molecule has 0 saturated heterocycles. The summed E-state index contributed by atoms with van der Waals surface area (Å²) in [5, 5.41) is 7.27. The maximum absolute atomic E-state index is 5.98. The average molecular weight is 461 g/mol. The first-order valence-electron chi connectivity index (χ1n) is 6.05. The summed E-state index contributed by atoms with van der Waals surface area (Å²) in [6.45, 7) is 3.88. The Bertz CT molecular complexity index is 413. The molecule has 6 heteroatoms. The molecule has 1 rings (SSSR count). The summed E-state index contributed by atoms with van der Waals surface area (Å²) in [4.78, 5) is 4.15. The third-order valence-corrected chi connectivity index (χ3v) is 3.47. The summed E-state index contributed by atoms with van der Waals surface area (Å²) < 4.78 is 1.09. The molecule has 0 bridgehead atoms. The highest BCUT2D eigenvalue weighted by Gasteiger charge is 2.02. The predicted molar refractivity (Wildman–Crippen MR) is 97.9 cm³/mol. The second kappa shape index (κ2) is 10.7. The molecule has 0 saturated carbocycles. The van der Waals surface area contributed by atoms with Gasteiger partial charge in [0.2, 0.25) is 0 Å². The molecule has 0 spiro atoms. The van der Waals surface area contributed by atoms with Crippen molar-refractivity contribution in [2.45, 2.75) is 19.8 Å². The van der Waals surface area contributed by atoms with Crippen molar-refractivity contribution in [1.29, 1.82) is 0 Å². The SMILES string of the molecule is CCCNC(=NC)NCCc1cc(Cl)ccc1Br.I. The number of nitrogens with one attached hydrogen (secondary N) is 2. The van der Waals surface area contributed by atoms with Crippen LogP contribution >= 0.6 is 51.5 Å². The van der Waals surface area contributed by atoms with Crippen molar-refractivity contribution in [1.82, 2.24) is 10.6 Å². The van der Waals surface area contributed by atoms with E-state index in [9.17, 15) is 0 Å². The molecule has 0 fully saturated rings. The summed E-state index contributed by atoms with van der Waals surface area (Å²) in [5.74, 6) is 0.843. The summed E-state index contributed by atoms with van der Waals surface area (Å²) in [6.07, 6.45) is 1.98. The summed E-state index contributed by atoms with van der Waals surface area (Å²) in [7, 11) is 1.78. The van der Waals surface area contributed by atoms with E-state index in [-0.39, 0.29) is 24.0 Å². The zero-order valence-electron chi connectivity index (χ0n) is 11.2. The van der Waals surface area contributed by atoms with Crippen LogP contribution in [-0.2, 0) is 6.42 Å². The smallest absolute Gasteiger partial charge is 0.190 e. The number of nitrogens with zero attached hydrogens (tertiary/aromatic N) is 1. The molecule has 3 nitrogen and oxygen atoms in total. The van der Waals surface area contributed by atoms with Gasteiger partial charge in [0.05, 0.1) is 0 Å². The second-order valence-electron chi connectivity index (χ2n) is 3.91. The number of halogens is 3. The van der Waals surface area contributed by atoms with Gasteiger partial charge in [0, 0.05) is 29.6 Å². The van der Waals surface area contributed by atoms with Gasteiger partial charge in [-0.25, -0.2) is 0 Å². The van der Waals surface area contributed by atoms with E-state index in [0.29, 0.717) is 0 Å². The van der Waals surface area contributed by atoms with Crippen LogP contribution in [0, 0.1) is 0 Å². The normalized spacial score (nSPS) is 10.8. The van der Waals surface area contributed by atoms with E-state index in [1.54, 1.807) is 7.05 Å². The fourth-order valence-electron chi connectivity index (χ4n) is 1.51. The fraction of sp³-hybridized carbons (Fsp3) is 0.462. The van der Waals surface area contributed by atoms with E-state index >= 15 is 0 Å². The quantitative estimate of drug-likeness (QED) is 0.398. The van der Waals surface area contributed by atoms with Gasteiger partial charge in [-0.15, -0.1) is 24.0 Å². The van der Waals surface area contributed by atoms with Crippen molar-refractivity contribution >= 4 is 57.5 Å². The number of hydrogen-bond acceptors (Lipinski definition) is 1. The maximum Gasteiger partial charge on any atom is 0.190 e. The van der Waals surface area contributed by atoms with Crippen LogP contribution in [0.15, 0.2) is 27.7 Å². The lowest BCUT2D eigenvalue weighted by atomic mass is 10.1. The Balaban J connectivity index is 0.00000324. The van der Waals surface area contributed by atoms with Crippen LogP contribution in [0.5, 0.6) is 0 Å². The van der Waals surface area contributed by atoms with Crippen molar-refractivity contribution in [3.05, 3.63) is 33.3 Å². The van der Waals surface area contributed by atoms with Crippen LogP contribution in [0.3, 0.4) is 0 Å². The largest absolute Gasteiger partial charge is 0.356 e. The molecule has 0 radical (unpaired) electrons. The highest BCUT2D eigenvalue weighted by molar-refractivity contribution is 14.0. The molecule has 19 heavy (non-hydrogen) atoms. The van der Waals surface area contributed by atoms with Crippen LogP contribution in [-0.4, -0.2) is 26.1 Å². The van der Waals surface area contributed by atoms with E-state index in [1.165, 1.54) is 5.56 Å². The van der Waals surface area contributed by atoms with Gasteiger partial charge in [-0.05, 0) is 36.6 Å². The van der Waals surface area contributed by atoms with E-state index < -0.39 is 0 Å². The lowest BCUT2D eigenvalue weighted by molar-refractivity contribution is 0.773. The standard InChI is InChI=1S/C13H19BrClN3.HI/c1-3-7-17-13(16-2)18-8-6-10-9-11(15)4-5-12(10)14;/h4-5,9H,3,6-8H2,1-2H3,(H2,16,17,18);1H. The molecule has 1 aromatic carbocycles. The Hall–Kier alpha value is -0.0100. The van der Waals surface area contributed by atoms with Gasteiger partial charge in [0.25, 0.3) is 0 Å². The molecule has 0 aliphatic carbocycles. The molecule has 0 aliphatic rings. The first kappa shape index (κ1) is 19.0. The number of aliphatic imine (C=N–C) groups is 1. The van der Waals surface area contributed by atoms with E-state index in [0.717, 1.165) is 41.4 Å². The zero-order chi connectivity index (χ0) is 13.4. The Morgan fingerprint density at radius 2 is 2.00 bits per heavy atom. The Kier molecular flexibility index (Phi) is 10.7. The third-order valence-electron chi connectivity index (χ3n) is 2.46. The molecular weight excluding hydrogens is 440 g/mol. The van der Waals surface area contributed by atoms with E-state index in [2.05, 4.69) is 38.5 Å². The Labute approximate surface area is 145 Å². The molecule has 108 valence electrons. The van der Waals surface area contributed by atoms with Crippen molar-refractivity contribution in [2.24, 2.45) is 4.99 Å². The number of hydrogen-bond donors (Lipinski definition) is 2. The first-order valence-corrected chi connectivity index (χ1v) is 7.23. The van der Waals surface area contributed by atoms with Gasteiger partial charge in [-0.3, -0.25) is 4.99 Å². The minimum Gasteiger partial charge on any atom is -0.356 e. The van der Waals surface area contributed by atoms with Gasteiger partial charge in [0.1, 0.15) is 0 Å². The average Bonchev–Trinajstić information content (AvgIpc) is 2.37. The number of rotatable bonds is 5. The second-order valence-corrected chi connectivity index (χ2v) is 5.20. The highest BCUT2D eigenvalue weighted by Crippen LogP contribution is 2.21. The molecule has 0 amide bonds. The van der Waals surface area contributed by atoms with Crippen molar-refractivity contribution in [3.63, 3.8) is 0 Å². The minimum atomic E-state index is 0. The molecule has 0 aliphatic heterocycles. The first-order chi connectivity index (χ1) is 8.67. The third kappa shape index (κ3) is 7.37. The highest BCUT2D eigenvalue weighted by atomic mass is 127. The van der Waals surface area contributed by atoms with Crippen LogP contribution in [0.4, 0.5) is 0 Å². The lowest BCUT2D eigenvalue weighted by Gasteiger charge is -2.11. The molecule has 0 atom stereocenters. The molecular formula is C13H20BrClIN3. The molecule has 0 aromatic heterocycles. The fourth-order valence-corrected chi connectivity index (χ4v) is 2.15. The Morgan fingerprint density at radius 1 is 1.32 bits per heavy atom. The predicted octanol–water partition coefficient (Wildman–Crippen LogP) is 3.84. The van der Waals surface area contributed by atoms with Crippen LogP contribution in [0.1, 0.15) is 18.9 Å². The zero-order valence-corrected chi connectivity index (χ0v) is 15.8. The minimum absolute atomic E-state index is 0. The lowest BCUT2D eigenvalue weighted by Crippen LogP contribution is -2.38. The molecule has 0 unspecified atom stereocenters. The van der Waals surface area contributed by atoms with Gasteiger partial charge in [0.15, 0.2) is 5.96 Å². The van der Waals surface area contributed by atoms with E-state index in [1.807, 2.05) is 18.2 Å². The number of guanidine groups is 1.